The van der Waals surface area contributed by atoms with E-state index >= 15 is 0 Å². The lowest BCUT2D eigenvalue weighted by Crippen LogP contribution is -2.43. The average molecular weight is 280 g/mol. The van der Waals surface area contributed by atoms with Gasteiger partial charge in [0, 0.05) is 0 Å². The third kappa shape index (κ3) is 2.96. The molecule has 0 spiro atoms. The van der Waals surface area contributed by atoms with Crippen LogP contribution in [-0.4, -0.2) is 30.2 Å². The second kappa shape index (κ2) is 5.88. The van der Waals surface area contributed by atoms with Crippen LogP contribution in [0.3, 0.4) is 0 Å². The van der Waals surface area contributed by atoms with Gasteiger partial charge >= 0.3 is 0 Å². The number of carbonyl (C=O) groups is 1. The number of amides is 1. The number of carbonyl (C=O) groups excluding carboxylic acids is 1. The molecule has 1 atom stereocenters. The molecule has 6 heteroatoms. The summed E-state index contributed by atoms with van der Waals surface area (Å²) >= 11 is 4.91. The van der Waals surface area contributed by atoms with E-state index in [1.54, 1.807) is 18.2 Å². The molecular weight excluding hydrogens is 264 g/mol. The second-order valence-electron chi connectivity index (χ2n) is 4.17. The van der Waals surface area contributed by atoms with E-state index in [4.69, 9.17) is 27.4 Å². The van der Waals surface area contributed by atoms with E-state index in [0.717, 1.165) is 0 Å². The highest BCUT2D eigenvalue weighted by Crippen LogP contribution is 2.33. The van der Waals surface area contributed by atoms with Gasteiger partial charge in [-0.05, 0) is 18.6 Å². The van der Waals surface area contributed by atoms with E-state index < -0.39 is 0 Å². The maximum absolute atomic E-state index is 12.2. The Morgan fingerprint density at radius 3 is 2.89 bits per heavy atom. The van der Waals surface area contributed by atoms with Crippen molar-refractivity contribution in [3.05, 3.63) is 23.8 Å². The lowest BCUT2D eigenvalue weighted by Gasteiger charge is -2.22. The Balaban J connectivity index is 2.22. The van der Waals surface area contributed by atoms with E-state index in [1.807, 2.05) is 6.92 Å². The summed E-state index contributed by atoms with van der Waals surface area (Å²) in [5, 5.41) is 2.79. The maximum Gasteiger partial charge on any atom is 0.255 e. The van der Waals surface area contributed by atoms with Gasteiger partial charge < -0.3 is 20.5 Å². The summed E-state index contributed by atoms with van der Waals surface area (Å²) in [5.74, 6) is 0.799. The highest BCUT2D eigenvalue weighted by Gasteiger charge is 2.22. The van der Waals surface area contributed by atoms with Crippen LogP contribution >= 0.6 is 12.2 Å². The van der Waals surface area contributed by atoms with Crippen molar-refractivity contribution >= 4 is 23.1 Å². The molecule has 1 aromatic carbocycles. The quantitative estimate of drug-likeness (QED) is 0.812. The van der Waals surface area contributed by atoms with Gasteiger partial charge in [-0.25, -0.2) is 0 Å². The first-order valence-electron chi connectivity index (χ1n) is 6.12. The summed E-state index contributed by atoms with van der Waals surface area (Å²) in [6.45, 7) is 2.83. The fourth-order valence-electron chi connectivity index (χ4n) is 1.86. The third-order valence-electron chi connectivity index (χ3n) is 2.87. The van der Waals surface area contributed by atoms with Crippen LogP contribution < -0.4 is 20.5 Å². The standard InChI is InChI=1S/C13H16N2O3S/c1-2-9(12(14)19)15-13(16)8-4-3-5-10-11(8)18-7-6-17-10/h3-5,9H,2,6-7H2,1H3,(H2,14,19)(H,15,16). The number of rotatable bonds is 4. The smallest absolute Gasteiger partial charge is 0.255 e. The molecule has 0 aromatic heterocycles. The predicted molar refractivity (Wildman–Crippen MR) is 75.8 cm³/mol. The SMILES string of the molecule is CCC(NC(=O)c1cccc2c1OCCO2)C(N)=S. The van der Waals surface area contributed by atoms with E-state index in [2.05, 4.69) is 5.32 Å². The Hall–Kier alpha value is -1.82. The monoisotopic (exact) mass is 280 g/mol. The number of hydrogen-bond donors (Lipinski definition) is 2. The molecule has 1 heterocycles. The molecule has 19 heavy (non-hydrogen) atoms. The fourth-order valence-corrected chi connectivity index (χ4v) is 2.09. The highest BCUT2D eigenvalue weighted by atomic mass is 32.1. The van der Waals surface area contributed by atoms with E-state index in [-0.39, 0.29) is 16.9 Å². The van der Waals surface area contributed by atoms with Gasteiger partial charge in [0.1, 0.15) is 13.2 Å². The summed E-state index contributed by atoms with van der Waals surface area (Å²) in [6, 6.07) is 4.90. The van der Waals surface area contributed by atoms with Crippen molar-refractivity contribution in [3.8, 4) is 11.5 Å². The first-order valence-corrected chi connectivity index (χ1v) is 6.53. The van der Waals surface area contributed by atoms with Crippen LogP contribution in [0, 0.1) is 0 Å². The van der Waals surface area contributed by atoms with Gasteiger partial charge in [-0.15, -0.1) is 0 Å². The molecule has 1 aliphatic rings. The molecular formula is C13H16N2O3S. The zero-order valence-electron chi connectivity index (χ0n) is 10.6. The lowest BCUT2D eigenvalue weighted by atomic mass is 10.1. The zero-order chi connectivity index (χ0) is 13.8. The van der Waals surface area contributed by atoms with Crippen molar-refractivity contribution in [3.63, 3.8) is 0 Å². The Morgan fingerprint density at radius 2 is 2.21 bits per heavy atom. The van der Waals surface area contributed by atoms with Gasteiger partial charge in [0.25, 0.3) is 5.91 Å². The third-order valence-corrected chi connectivity index (χ3v) is 3.15. The van der Waals surface area contributed by atoms with Gasteiger partial charge in [-0.1, -0.05) is 25.2 Å². The summed E-state index contributed by atoms with van der Waals surface area (Å²) < 4.78 is 10.9. The molecule has 5 nitrogen and oxygen atoms in total. The van der Waals surface area contributed by atoms with Crippen molar-refractivity contribution in [1.29, 1.82) is 0 Å². The molecule has 3 N–H and O–H groups in total. The minimum Gasteiger partial charge on any atom is -0.486 e. The van der Waals surface area contributed by atoms with E-state index in [1.165, 1.54) is 0 Å². The molecule has 1 aromatic rings. The van der Waals surface area contributed by atoms with Crippen LogP contribution in [0.1, 0.15) is 23.7 Å². The Kier molecular flexibility index (Phi) is 4.21. The summed E-state index contributed by atoms with van der Waals surface area (Å²) in [5.41, 5.74) is 6.01. The van der Waals surface area contributed by atoms with Crippen LogP contribution in [-0.2, 0) is 0 Å². The normalized spacial score (nSPS) is 14.6. The fraction of sp³-hybridized carbons (Fsp3) is 0.385. The first-order chi connectivity index (χ1) is 9.13. The van der Waals surface area contributed by atoms with E-state index in [9.17, 15) is 4.79 Å². The molecule has 102 valence electrons. The number of thiocarbonyl (C=S) groups is 1. The molecule has 1 aliphatic heterocycles. The van der Waals surface area contributed by atoms with Crippen LogP contribution in [0.15, 0.2) is 18.2 Å². The average Bonchev–Trinajstić information content (AvgIpc) is 2.43. The molecule has 0 fully saturated rings. The molecule has 0 bridgehead atoms. The van der Waals surface area contributed by atoms with Crippen molar-refractivity contribution in [2.75, 3.05) is 13.2 Å². The van der Waals surface area contributed by atoms with Crippen LogP contribution in [0.25, 0.3) is 0 Å². The van der Waals surface area contributed by atoms with Crippen molar-refractivity contribution in [1.82, 2.24) is 5.32 Å². The van der Waals surface area contributed by atoms with Crippen LogP contribution in [0.5, 0.6) is 11.5 Å². The Bertz CT molecular complexity index is 505. The summed E-state index contributed by atoms with van der Waals surface area (Å²) in [4.78, 5) is 12.5. The van der Waals surface area contributed by atoms with Crippen molar-refractivity contribution < 1.29 is 14.3 Å². The number of nitrogens with one attached hydrogen (secondary N) is 1. The predicted octanol–water partition coefficient (Wildman–Crippen LogP) is 1.25. The van der Waals surface area contributed by atoms with Gasteiger partial charge in [0.2, 0.25) is 0 Å². The van der Waals surface area contributed by atoms with Gasteiger partial charge in [0.05, 0.1) is 16.6 Å². The first kappa shape index (κ1) is 13.6. The molecule has 1 unspecified atom stereocenters. The number of benzene rings is 1. The number of hydrogen-bond acceptors (Lipinski definition) is 4. The van der Waals surface area contributed by atoms with Gasteiger partial charge in [-0.3, -0.25) is 4.79 Å². The summed E-state index contributed by atoms with van der Waals surface area (Å²) in [6.07, 6.45) is 0.646. The molecule has 0 saturated carbocycles. The molecule has 1 amide bonds. The largest absolute Gasteiger partial charge is 0.486 e. The molecule has 0 aliphatic carbocycles. The number of nitrogens with two attached hydrogens (primary N) is 1. The Labute approximate surface area is 117 Å². The van der Waals surface area contributed by atoms with E-state index in [0.29, 0.717) is 36.7 Å². The number of ether oxygens (including phenoxy) is 2. The minimum atomic E-state index is -0.317. The highest BCUT2D eigenvalue weighted by molar-refractivity contribution is 7.80. The van der Waals surface area contributed by atoms with Crippen molar-refractivity contribution in [2.45, 2.75) is 19.4 Å². The number of para-hydroxylation sites is 1. The summed E-state index contributed by atoms with van der Waals surface area (Å²) in [7, 11) is 0. The van der Waals surface area contributed by atoms with Gasteiger partial charge in [-0.2, -0.15) is 0 Å². The Morgan fingerprint density at radius 1 is 1.47 bits per heavy atom. The minimum absolute atomic E-state index is 0.262. The topological polar surface area (TPSA) is 73.6 Å². The lowest BCUT2D eigenvalue weighted by molar-refractivity contribution is 0.0935. The van der Waals surface area contributed by atoms with Crippen LogP contribution in [0.4, 0.5) is 0 Å². The van der Waals surface area contributed by atoms with Crippen LogP contribution in [0.2, 0.25) is 0 Å². The molecule has 0 saturated heterocycles. The van der Waals surface area contributed by atoms with Crippen molar-refractivity contribution in [2.24, 2.45) is 5.73 Å². The molecule has 0 radical (unpaired) electrons. The van der Waals surface area contributed by atoms with Gasteiger partial charge in [0.15, 0.2) is 11.5 Å². The second-order valence-corrected chi connectivity index (χ2v) is 4.64. The number of fused-ring (bicyclic) bond motifs is 1. The maximum atomic E-state index is 12.2. The molecule has 2 rings (SSSR count). The zero-order valence-corrected chi connectivity index (χ0v) is 11.5.